The Morgan fingerprint density at radius 3 is 2.37 bits per heavy atom. The second-order valence-corrected chi connectivity index (χ2v) is 10.2. The van der Waals surface area contributed by atoms with E-state index in [4.69, 9.17) is 0 Å². The first-order valence-corrected chi connectivity index (χ1v) is 13.3. The molecule has 0 aliphatic heterocycles. The fourth-order valence-corrected chi connectivity index (χ4v) is 4.92. The quantitative estimate of drug-likeness (QED) is 0.350. The van der Waals surface area contributed by atoms with Crippen molar-refractivity contribution in [2.45, 2.75) is 63.4 Å². The Hall–Kier alpha value is -3.00. The number of anilines is 1. The third-order valence-electron chi connectivity index (χ3n) is 5.89. The van der Waals surface area contributed by atoms with Gasteiger partial charge < -0.3 is 21.3 Å². The molecule has 0 heterocycles. The van der Waals surface area contributed by atoms with E-state index in [0.29, 0.717) is 23.7 Å². The number of hydrogen-bond acceptors (Lipinski definition) is 4. The summed E-state index contributed by atoms with van der Waals surface area (Å²) >= 11 is 1.38. The van der Waals surface area contributed by atoms with E-state index in [1.807, 2.05) is 44.2 Å². The van der Waals surface area contributed by atoms with E-state index in [9.17, 15) is 14.4 Å². The van der Waals surface area contributed by atoms with Gasteiger partial charge in [-0.2, -0.15) is 0 Å². The van der Waals surface area contributed by atoms with Crippen molar-refractivity contribution in [1.82, 2.24) is 16.0 Å². The summed E-state index contributed by atoms with van der Waals surface area (Å²) in [7, 11) is 0. The zero-order chi connectivity index (χ0) is 25.0. The summed E-state index contributed by atoms with van der Waals surface area (Å²) in [6.07, 6.45) is 6.22. The summed E-state index contributed by atoms with van der Waals surface area (Å²) in [4.78, 5) is 37.8. The number of hydrogen-bond donors (Lipinski definition) is 4. The SMILES string of the molecule is CC(C)NC(=O)Nc1ccc(CNC(=O)c2ccccc2SCC(=O)NCC2CCCCC2)cc1. The lowest BCUT2D eigenvalue weighted by Gasteiger charge is -2.21. The van der Waals surface area contributed by atoms with Crippen LogP contribution in [-0.2, 0) is 11.3 Å². The predicted molar refractivity (Wildman–Crippen MR) is 142 cm³/mol. The van der Waals surface area contributed by atoms with Crippen LogP contribution in [0.3, 0.4) is 0 Å². The maximum absolute atomic E-state index is 12.8. The van der Waals surface area contributed by atoms with E-state index in [1.54, 1.807) is 18.2 Å². The first-order chi connectivity index (χ1) is 16.9. The third kappa shape index (κ3) is 9.28. The Morgan fingerprint density at radius 2 is 1.66 bits per heavy atom. The molecule has 188 valence electrons. The normalized spacial score (nSPS) is 13.8. The molecule has 0 radical (unpaired) electrons. The number of urea groups is 1. The molecule has 0 aromatic heterocycles. The molecule has 2 aromatic rings. The van der Waals surface area contributed by atoms with Gasteiger partial charge in [0.25, 0.3) is 5.91 Å². The van der Waals surface area contributed by atoms with Gasteiger partial charge in [0.15, 0.2) is 0 Å². The van der Waals surface area contributed by atoms with Crippen molar-refractivity contribution in [1.29, 1.82) is 0 Å². The first-order valence-electron chi connectivity index (χ1n) is 12.3. The molecule has 0 spiro atoms. The Balaban J connectivity index is 1.46. The highest BCUT2D eigenvalue weighted by molar-refractivity contribution is 8.00. The van der Waals surface area contributed by atoms with Crippen LogP contribution in [0.1, 0.15) is 61.9 Å². The molecular formula is C27H36N4O3S. The average molecular weight is 497 g/mol. The second kappa shape index (κ2) is 13.8. The highest BCUT2D eigenvalue weighted by atomic mass is 32.2. The number of benzene rings is 2. The summed E-state index contributed by atoms with van der Waals surface area (Å²) in [5, 5.41) is 11.5. The summed E-state index contributed by atoms with van der Waals surface area (Å²) in [5.41, 5.74) is 2.16. The van der Waals surface area contributed by atoms with E-state index in [1.165, 1.54) is 43.9 Å². The highest BCUT2D eigenvalue weighted by Crippen LogP contribution is 2.24. The van der Waals surface area contributed by atoms with Gasteiger partial charge in [-0.1, -0.05) is 43.5 Å². The van der Waals surface area contributed by atoms with Gasteiger partial charge in [-0.05, 0) is 62.4 Å². The standard InChI is InChI=1S/C27H36N4O3S/c1-19(2)30-27(34)31-22-14-12-21(13-15-22)17-29-26(33)23-10-6-7-11-24(23)35-18-25(32)28-16-20-8-4-3-5-9-20/h6-7,10-15,19-20H,3-5,8-9,16-18H2,1-2H3,(H,28,32)(H,29,33)(H2,30,31,34). The summed E-state index contributed by atoms with van der Waals surface area (Å²) in [5.74, 6) is 0.703. The molecule has 0 atom stereocenters. The topological polar surface area (TPSA) is 99.3 Å². The van der Waals surface area contributed by atoms with Crippen molar-refractivity contribution in [3.8, 4) is 0 Å². The smallest absolute Gasteiger partial charge is 0.319 e. The molecular weight excluding hydrogens is 460 g/mol. The molecule has 1 aliphatic rings. The lowest BCUT2D eigenvalue weighted by atomic mass is 9.89. The zero-order valence-corrected chi connectivity index (χ0v) is 21.4. The molecule has 1 aliphatic carbocycles. The van der Waals surface area contributed by atoms with Crippen molar-refractivity contribution in [2.75, 3.05) is 17.6 Å². The molecule has 35 heavy (non-hydrogen) atoms. The van der Waals surface area contributed by atoms with Gasteiger partial charge in [-0.15, -0.1) is 11.8 Å². The van der Waals surface area contributed by atoms with E-state index in [0.717, 1.165) is 17.0 Å². The van der Waals surface area contributed by atoms with Crippen molar-refractivity contribution >= 4 is 35.3 Å². The Labute approximate surface area is 212 Å². The Morgan fingerprint density at radius 1 is 0.943 bits per heavy atom. The van der Waals surface area contributed by atoms with Crippen molar-refractivity contribution < 1.29 is 14.4 Å². The number of rotatable bonds is 10. The van der Waals surface area contributed by atoms with Crippen LogP contribution in [0.15, 0.2) is 53.4 Å². The summed E-state index contributed by atoms with van der Waals surface area (Å²) < 4.78 is 0. The van der Waals surface area contributed by atoms with Crippen molar-refractivity contribution in [3.63, 3.8) is 0 Å². The fourth-order valence-electron chi connectivity index (χ4n) is 4.04. The zero-order valence-electron chi connectivity index (χ0n) is 20.6. The number of carbonyl (C=O) groups is 3. The second-order valence-electron chi connectivity index (χ2n) is 9.23. The van der Waals surface area contributed by atoms with Crippen LogP contribution in [0.25, 0.3) is 0 Å². The van der Waals surface area contributed by atoms with Gasteiger partial charge >= 0.3 is 6.03 Å². The molecule has 1 fully saturated rings. The Bertz CT molecular complexity index is 988. The van der Waals surface area contributed by atoms with Crippen LogP contribution in [0, 0.1) is 5.92 Å². The average Bonchev–Trinajstić information content (AvgIpc) is 2.86. The van der Waals surface area contributed by atoms with Crippen LogP contribution in [0.4, 0.5) is 10.5 Å². The van der Waals surface area contributed by atoms with Gasteiger partial charge in [0.2, 0.25) is 5.91 Å². The van der Waals surface area contributed by atoms with E-state index < -0.39 is 0 Å². The summed E-state index contributed by atoms with van der Waals surface area (Å²) in [6.45, 7) is 4.90. The molecule has 4 amide bonds. The lowest BCUT2D eigenvalue weighted by molar-refractivity contribution is -0.118. The molecule has 0 bridgehead atoms. The van der Waals surface area contributed by atoms with Gasteiger partial charge in [0.05, 0.1) is 11.3 Å². The minimum atomic E-state index is -0.252. The largest absolute Gasteiger partial charge is 0.355 e. The maximum Gasteiger partial charge on any atom is 0.319 e. The van der Waals surface area contributed by atoms with E-state index in [-0.39, 0.29) is 29.6 Å². The van der Waals surface area contributed by atoms with Gasteiger partial charge in [0, 0.05) is 29.7 Å². The first kappa shape index (κ1) is 26.6. The van der Waals surface area contributed by atoms with Crippen LogP contribution in [0.2, 0.25) is 0 Å². The predicted octanol–water partition coefficient (Wildman–Crippen LogP) is 4.94. The van der Waals surface area contributed by atoms with Crippen LogP contribution in [-0.4, -0.2) is 36.2 Å². The molecule has 3 rings (SSSR count). The van der Waals surface area contributed by atoms with Crippen molar-refractivity contribution in [2.24, 2.45) is 5.92 Å². The van der Waals surface area contributed by atoms with Gasteiger partial charge in [-0.25, -0.2) is 4.79 Å². The molecule has 1 saturated carbocycles. The minimum absolute atomic E-state index is 0.00607. The van der Waals surface area contributed by atoms with Gasteiger partial charge in [0.1, 0.15) is 0 Å². The maximum atomic E-state index is 12.8. The third-order valence-corrected chi connectivity index (χ3v) is 6.96. The fraction of sp³-hybridized carbons (Fsp3) is 0.444. The Kier molecular flexibility index (Phi) is 10.5. The molecule has 8 heteroatoms. The van der Waals surface area contributed by atoms with Crippen molar-refractivity contribution in [3.05, 3.63) is 59.7 Å². The van der Waals surface area contributed by atoms with Crippen LogP contribution >= 0.6 is 11.8 Å². The van der Waals surface area contributed by atoms with Gasteiger partial charge in [-0.3, -0.25) is 9.59 Å². The number of thioether (sulfide) groups is 1. The van der Waals surface area contributed by atoms with E-state index in [2.05, 4.69) is 21.3 Å². The number of nitrogens with one attached hydrogen (secondary N) is 4. The van der Waals surface area contributed by atoms with E-state index >= 15 is 0 Å². The van der Waals surface area contributed by atoms with Crippen LogP contribution in [0.5, 0.6) is 0 Å². The monoisotopic (exact) mass is 496 g/mol. The van der Waals surface area contributed by atoms with Crippen LogP contribution < -0.4 is 21.3 Å². The minimum Gasteiger partial charge on any atom is -0.355 e. The molecule has 0 unspecified atom stereocenters. The summed E-state index contributed by atoms with van der Waals surface area (Å²) in [6, 6.07) is 14.5. The molecule has 0 saturated heterocycles. The number of carbonyl (C=O) groups excluding carboxylic acids is 3. The molecule has 2 aromatic carbocycles. The highest BCUT2D eigenvalue weighted by Gasteiger charge is 2.16. The lowest BCUT2D eigenvalue weighted by Crippen LogP contribution is -2.34. The number of amides is 4. The molecule has 7 nitrogen and oxygen atoms in total. The molecule has 4 N–H and O–H groups in total.